The van der Waals surface area contributed by atoms with Crippen molar-refractivity contribution in [1.82, 2.24) is 10.2 Å². The summed E-state index contributed by atoms with van der Waals surface area (Å²) in [5, 5.41) is 3.53. The molecule has 2 saturated carbocycles. The third kappa shape index (κ3) is 4.55. The maximum Gasteiger partial charge on any atom is 0.249 e. The summed E-state index contributed by atoms with van der Waals surface area (Å²) in [6, 6.07) is 5.23. The normalized spacial score (nSPS) is 31.4. The lowest BCUT2D eigenvalue weighted by molar-refractivity contribution is -0.139. The fourth-order valence-corrected chi connectivity index (χ4v) is 7.31. The van der Waals surface area contributed by atoms with Gasteiger partial charge in [0.15, 0.2) is 5.78 Å². The van der Waals surface area contributed by atoms with E-state index in [-0.39, 0.29) is 30.8 Å². The van der Waals surface area contributed by atoms with E-state index in [0.717, 1.165) is 57.4 Å². The van der Waals surface area contributed by atoms with E-state index in [0.29, 0.717) is 23.1 Å². The van der Waals surface area contributed by atoms with Crippen molar-refractivity contribution in [3.63, 3.8) is 0 Å². The second kappa shape index (κ2) is 10.0. The van der Waals surface area contributed by atoms with Crippen LogP contribution in [0.1, 0.15) is 66.8 Å². The van der Waals surface area contributed by atoms with Gasteiger partial charge in [0.05, 0.1) is 12.0 Å². The largest absolute Gasteiger partial charge is 0.366 e. The Bertz CT molecular complexity index is 1070. The number of nitrogens with two attached hydrogens (primary N) is 2. The number of benzene rings is 1. The van der Waals surface area contributed by atoms with Crippen LogP contribution in [0.15, 0.2) is 18.2 Å². The van der Waals surface area contributed by atoms with Crippen LogP contribution in [0.4, 0.5) is 5.69 Å². The van der Waals surface area contributed by atoms with Crippen molar-refractivity contribution >= 4 is 23.3 Å². The molecule has 3 saturated heterocycles. The Balaban J connectivity index is 1.41. The second-order valence-corrected chi connectivity index (χ2v) is 11.7. The van der Waals surface area contributed by atoms with Crippen LogP contribution < -0.4 is 21.7 Å². The van der Waals surface area contributed by atoms with Crippen LogP contribution in [0, 0.1) is 11.8 Å². The number of piperazine rings is 1. The smallest absolute Gasteiger partial charge is 0.249 e. The minimum Gasteiger partial charge on any atom is -0.366 e. The van der Waals surface area contributed by atoms with Gasteiger partial charge in [0, 0.05) is 43.5 Å². The Morgan fingerprint density at radius 3 is 2.62 bits per heavy atom. The second-order valence-electron chi connectivity index (χ2n) is 11.7. The quantitative estimate of drug-likeness (QED) is 0.524. The predicted octanol–water partition coefficient (Wildman–Crippen LogP) is 1.14. The van der Waals surface area contributed by atoms with Gasteiger partial charge in [0.2, 0.25) is 11.8 Å². The van der Waals surface area contributed by atoms with Gasteiger partial charge in [-0.3, -0.25) is 14.4 Å². The van der Waals surface area contributed by atoms with E-state index in [9.17, 15) is 14.4 Å². The Morgan fingerprint density at radius 2 is 1.89 bits per heavy atom. The van der Waals surface area contributed by atoms with Crippen LogP contribution in [0.3, 0.4) is 0 Å². The Labute approximate surface area is 218 Å². The molecule has 1 aromatic rings. The molecular weight excluding hydrogens is 470 g/mol. The number of primary amides is 1. The van der Waals surface area contributed by atoms with Crippen LogP contribution >= 0.6 is 0 Å². The van der Waals surface area contributed by atoms with Crippen LogP contribution in [-0.4, -0.2) is 79.5 Å². The molecule has 37 heavy (non-hydrogen) atoms. The van der Waals surface area contributed by atoms with Gasteiger partial charge in [-0.25, -0.2) is 0 Å². The standard InChI is InChI=1S/C28H39N5O4/c29-21-14-33(25-23(34)15-37-26(21)25)28(36)24(17-4-2-1-3-5-17)20-12-18(8-9-19(20)27(30)35)32-11-10-31-13-22(32)16-6-7-16/h8-9,12,16-17,21-22,24-26,31H,1-7,10-11,13-15,29H2,(H2,30,35)/t21-,22?,24-,25+,26+/m0/s1. The highest BCUT2D eigenvalue weighted by Gasteiger charge is 2.53. The zero-order chi connectivity index (χ0) is 25.7. The number of carbonyl (C=O) groups is 3. The first-order chi connectivity index (χ1) is 17.9. The lowest BCUT2D eigenvalue weighted by atomic mass is 9.74. The average molecular weight is 510 g/mol. The molecule has 9 heteroatoms. The molecular formula is C28H39N5O4. The number of nitrogens with one attached hydrogen (secondary N) is 1. The van der Waals surface area contributed by atoms with E-state index < -0.39 is 30.0 Å². The molecule has 5 atom stereocenters. The summed E-state index contributed by atoms with van der Waals surface area (Å²) < 4.78 is 5.66. The van der Waals surface area contributed by atoms with Crippen LogP contribution in [0.5, 0.6) is 0 Å². The number of fused-ring (bicyclic) bond motifs is 1. The van der Waals surface area contributed by atoms with E-state index in [1.165, 1.54) is 12.8 Å². The molecule has 5 aliphatic rings. The lowest BCUT2D eigenvalue weighted by Crippen LogP contribution is -2.52. The number of carbonyl (C=O) groups excluding carboxylic acids is 3. The monoisotopic (exact) mass is 509 g/mol. The van der Waals surface area contributed by atoms with E-state index >= 15 is 0 Å². The van der Waals surface area contributed by atoms with Gasteiger partial charge in [-0.15, -0.1) is 0 Å². The van der Waals surface area contributed by atoms with E-state index in [1.807, 2.05) is 12.1 Å². The third-order valence-electron chi connectivity index (χ3n) is 9.31. The molecule has 0 spiro atoms. The van der Waals surface area contributed by atoms with Gasteiger partial charge in [0.1, 0.15) is 18.8 Å². The van der Waals surface area contributed by atoms with Gasteiger partial charge in [-0.05, 0) is 61.3 Å². The summed E-state index contributed by atoms with van der Waals surface area (Å²) in [5.41, 5.74) is 14.4. The molecule has 1 unspecified atom stereocenters. The molecule has 3 heterocycles. The molecule has 5 fully saturated rings. The van der Waals surface area contributed by atoms with Crippen LogP contribution in [0.25, 0.3) is 0 Å². The van der Waals surface area contributed by atoms with Crippen LogP contribution in [-0.2, 0) is 14.3 Å². The predicted molar refractivity (Wildman–Crippen MR) is 139 cm³/mol. The summed E-state index contributed by atoms with van der Waals surface area (Å²) in [5.74, 6) is -0.503. The number of nitrogens with zero attached hydrogens (tertiary/aromatic N) is 2. The number of hydrogen-bond acceptors (Lipinski definition) is 7. The Morgan fingerprint density at radius 1 is 1.11 bits per heavy atom. The molecule has 0 bridgehead atoms. The fraction of sp³-hybridized carbons (Fsp3) is 0.679. The molecule has 200 valence electrons. The molecule has 5 N–H and O–H groups in total. The molecule has 2 aliphatic carbocycles. The lowest BCUT2D eigenvalue weighted by Gasteiger charge is -2.39. The molecule has 1 aromatic carbocycles. The number of likely N-dealkylation sites (tertiary alicyclic amines) is 1. The Hall–Kier alpha value is -2.49. The molecule has 2 amide bonds. The fourth-order valence-electron chi connectivity index (χ4n) is 7.31. The Kier molecular flexibility index (Phi) is 6.71. The minimum atomic E-state index is -0.638. The van der Waals surface area contributed by atoms with Crippen molar-refractivity contribution in [3.8, 4) is 0 Å². The molecule has 3 aliphatic heterocycles. The zero-order valence-electron chi connectivity index (χ0n) is 21.4. The average Bonchev–Trinajstić information content (AvgIpc) is 3.61. The topological polar surface area (TPSA) is 131 Å². The van der Waals surface area contributed by atoms with Gasteiger partial charge < -0.3 is 31.3 Å². The van der Waals surface area contributed by atoms with Crippen molar-refractivity contribution in [3.05, 3.63) is 29.3 Å². The van der Waals surface area contributed by atoms with Crippen molar-refractivity contribution in [2.24, 2.45) is 23.3 Å². The highest BCUT2D eigenvalue weighted by Crippen LogP contribution is 2.43. The summed E-state index contributed by atoms with van der Waals surface area (Å²) in [4.78, 5) is 43.9. The molecule has 6 rings (SSSR count). The van der Waals surface area contributed by atoms with Gasteiger partial charge in [-0.2, -0.15) is 0 Å². The summed E-state index contributed by atoms with van der Waals surface area (Å²) in [7, 11) is 0. The number of ether oxygens (including phenoxy) is 1. The number of ketones is 1. The van der Waals surface area contributed by atoms with E-state index in [4.69, 9.17) is 16.2 Å². The highest BCUT2D eigenvalue weighted by atomic mass is 16.5. The number of hydrogen-bond donors (Lipinski definition) is 3. The van der Waals surface area contributed by atoms with Crippen molar-refractivity contribution in [2.75, 3.05) is 37.7 Å². The third-order valence-corrected chi connectivity index (χ3v) is 9.31. The number of amides is 2. The van der Waals surface area contributed by atoms with Gasteiger partial charge in [-0.1, -0.05) is 19.3 Å². The van der Waals surface area contributed by atoms with E-state index in [1.54, 1.807) is 4.90 Å². The van der Waals surface area contributed by atoms with Crippen LogP contribution in [0.2, 0.25) is 0 Å². The van der Waals surface area contributed by atoms with Gasteiger partial charge in [0.25, 0.3) is 0 Å². The summed E-state index contributed by atoms with van der Waals surface area (Å²) in [6.07, 6.45) is 7.11. The SMILES string of the molecule is NC(=O)c1ccc(N2CCNCC2C2CC2)cc1[C@@H](C(=O)N1C[C@H](N)[C@H]2OCC(=O)[C@H]21)C1CCCCC1. The summed E-state index contributed by atoms with van der Waals surface area (Å²) in [6.45, 7) is 3.01. The summed E-state index contributed by atoms with van der Waals surface area (Å²) >= 11 is 0. The molecule has 0 radical (unpaired) electrons. The van der Waals surface area contributed by atoms with E-state index in [2.05, 4.69) is 16.3 Å². The molecule has 0 aromatic heterocycles. The number of anilines is 1. The number of Topliss-reactive ketones (excluding diaryl/α,β-unsaturated/α-hetero) is 1. The molecule has 9 nitrogen and oxygen atoms in total. The zero-order valence-corrected chi connectivity index (χ0v) is 21.4. The van der Waals surface area contributed by atoms with Crippen molar-refractivity contribution < 1.29 is 19.1 Å². The number of rotatable bonds is 6. The first-order valence-electron chi connectivity index (χ1n) is 14.1. The maximum atomic E-state index is 14.4. The minimum absolute atomic E-state index is 0.00548. The first-order valence-corrected chi connectivity index (χ1v) is 14.1. The van der Waals surface area contributed by atoms with Crippen molar-refractivity contribution in [2.45, 2.75) is 75.1 Å². The first kappa shape index (κ1) is 24.8. The van der Waals surface area contributed by atoms with Crippen molar-refractivity contribution in [1.29, 1.82) is 0 Å². The highest BCUT2D eigenvalue weighted by molar-refractivity contribution is 5.99. The maximum absolute atomic E-state index is 14.4. The van der Waals surface area contributed by atoms with Gasteiger partial charge >= 0.3 is 0 Å².